The number of benzene rings is 1. The minimum atomic E-state index is 1.10. The Kier molecular flexibility index (Phi) is 7.53. The van der Waals surface area contributed by atoms with Gasteiger partial charge in [-0.2, -0.15) is 0 Å². The molecular weight excluding hydrogens is 206 g/mol. The van der Waals surface area contributed by atoms with Crippen LogP contribution < -0.4 is 5.32 Å². The Morgan fingerprint density at radius 3 is 2.12 bits per heavy atom. The zero-order chi connectivity index (χ0) is 12.3. The summed E-state index contributed by atoms with van der Waals surface area (Å²) in [7, 11) is 0. The molecule has 1 nitrogen and oxygen atoms in total. The van der Waals surface area contributed by atoms with Crippen LogP contribution in [0.15, 0.2) is 24.3 Å². The van der Waals surface area contributed by atoms with Gasteiger partial charge in [-0.05, 0) is 37.0 Å². The van der Waals surface area contributed by atoms with Crippen molar-refractivity contribution in [3.05, 3.63) is 29.8 Å². The van der Waals surface area contributed by atoms with Crippen LogP contribution in [0.2, 0.25) is 0 Å². The summed E-state index contributed by atoms with van der Waals surface area (Å²) >= 11 is 0. The normalized spacial score (nSPS) is 10.5. The maximum atomic E-state index is 3.47. The molecule has 0 aliphatic rings. The lowest BCUT2D eigenvalue weighted by Gasteiger charge is -2.07. The lowest BCUT2D eigenvalue weighted by molar-refractivity contribution is 0.717. The van der Waals surface area contributed by atoms with Crippen molar-refractivity contribution in [2.75, 3.05) is 11.9 Å². The van der Waals surface area contributed by atoms with E-state index in [4.69, 9.17) is 0 Å². The lowest BCUT2D eigenvalue weighted by Crippen LogP contribution is -2.01. The van der Waals surface area contributed by atoms with Crippen molar-refractivity contribution in [1.82, 2.24) is 0 Å². The Labute approximate surface area is 107 Å². The first-order valence-corrected chi connectivity index (χ1v) is 7.19. The van der Waals surface area contributed by atoms with Crippen LogP contribution in [0.1, 0.15) is 57.9 Å². The van der Waals surface area contributed by atoms with E-state index in [1.54, 1.807) is 0 Å². The fourth-order valence-corrected chi connectivity index (χ4v) is 1.98. The van der Waals surface area contributed by atoms with Crippen molar-refractivity contribution in [3.63, 3.8) is 0 Å². The van der Waals surface area contributed by atoms with E-state index in [0.29, 0.717) is 0 Å². The summed E-state index contributed by atoms with van der Waals surface area (Å²) in [5.41, 5.74) is 2.73. The first kappa shape index (κ1) is 14.1. The van der Waals surface area contributed by atoms with Crippen molar-refractivity contribution >= 4 is 5.69 Å². The second-order valence-corrected chi connectivity index (χ2v) is 4.79. The van der Waals surface area contributed by atoms with Gasteiger partial charge in [0.25, 0.3) is 0 Å². The van der Waals surface area contributed by atoms with Gasteiger partial charge in [-0.1, -0.05) is 51.7 Å². The third-order valence-corrected chi connectivity index (χ3v) is 3.13. The molecule has 1 N–H and O–H groups in total. The molecule has 0 aliphatic carbocycles. The molecule has 0 spiro atoms. The molecule has 0 saturated heterocycles. The number of aryl methyl sites for hydroxylation is 1. The second kappa shape index (κ2) is 9.09. The van der Waals surface area contributed by atoms with E-state index < -0.39 is 0 Å². The molecule has 0 aromatic heterocycles. The number of rotatable bonds is 9. The minimum absolute atomic E-state index is 1.10. The van der Waals surface area contributed by atoms with Gasteiger partial charge in [-0.3, -0.25) is 0 Å². The monoisotopic (exact) mass is 233 g/mol. The van der Waals surface area contributed by atoms with Gasteiger partial charge in [0.1, 0.15) is 0 Å². The Balaban J connectivity index is 2.24. The molecule has 0 aliphatic heterocycles. The average Bonchev–Trinajstić information content (AvgIpc) is 2.37. The van der Waals surface area contributed by atoms with Gasteiger partial charge in [0.15, 0.2) is 0 Å². The maximum absolute atomic E-state index is 3.47. The topological polar surface area (TPSA) is 12.0 Å². The Bertz CT molecular complexity index is 276. The summed E-state index contributed by atoms with van der Waals surface area (Å²) in [6.45, 7) is 5.59. The van der Waals surface area contributed by atoms with Gasteiger partial charge in [0.2, 0.25) is 0 Å². The number of nitrogens with one attached hydrogen (secondary N) is 1. The molecule has 1 rings (SSSR count). The van der Waals surface area contributed by atoms with E-state index >= 15 is 0 Å². The van der Waals surface area contributed by atoms with E-state index in [-0.39, 0.29) is 0 Å². The number of unbranched alkanes of at least 4 members (excludes halogenated alkanes) is 4. The quantitative estimate of drug-likeness (QED) is 0.590. The van der Waals surface area contributed by atoms with Crippen LogP contribution in [0.25, 0.3) is 0 Å². The van der Waals surface area contributed by atoms with Crippen LogP contribution in [-0.2, 0) is 6.42 Å². The zero-order valence-corrected chi connectivity index (χ0v) is 11.5. The highest BCUT2D eigenvalue weighted by atomic mass is 14.9. The Morgan fingerprint density at radius 2 is 1.47 bits per heavy atom. The van der Waals surface area contributed by atoms with E-state index in [0.717, 1.165) is 6.54 Å². The van der Waals surface area contributed by atoms with Crippen molar-refractivity contribution < 1.29 is 0 Å². The van der Waals surface area contributed by atoms with Crippen LogP contribution in [0, 0.1) is 0 Å². The molecule has 0 atom stereocenters. The Hall–Kier alpha value is -0.980. The summed E-state index contributed by atoms with van der Waals surface area (Å²) in [4.78, 5) is 0. The largest absolute Gasteiger partial charge is 0.385 e. The standard InChI is InChI=1S/C16H27N/c1-3-5-7-9-15-10-12-16(13-11-15)17-14-8-6-4-2/h10-13,17H,3-9,14H2,1-2H3. The molecule has 0 amide bonds. The van der Waals surface area contributed by atoms with Crippen LogP contribution in [0.4, 0.5) is 5.69 Å². The highest BCUT2D eigenvalue weighted by Crippen LogP contribution is 2.12. The maximum Gasteiger partial charge on any atom is 0.0340 e. The zero-order valence-electron chi connectivity index (χ0n) is 11.5. The molecule has 1 heteroatoms. The highest BCUT2D eigenvalue weighted by molar-refractivity contribution is 5.44. The third-order valence-electron chi connectivity index (χ3n) is 3.13. The summed E-state index contributed by atoms with van der Waals surface area (Å²) in [6.07, 6.45) is 9.08. The predicted molar refractivity (Wildman–Crippen MR) is 77.7 cm³/mol. The molecule has 96 valence electrons. The lowest BCUT2D eigenvalue weighted by atomic mass is 10.1. The molecule has 0 bridgehead atoms. The predicted octanol–water partition coefficient (Wildman–Crippen LogP) is 5.02. The van der Waals surface area contributed by atoms with Crippen molar-refractivity contribution in [2.24, 2.45) is 0 Å². The third kappa shape index (κ3) is 6.35. The SMILES string of the molecule is CCCCCNc1ccc(CCCCC)cc1. The first-order valence-electron chi connectivity index (χ1n) is 7.19. The molecule has 1 aromatic rings. The fourth-order valence-electron chi connectivity index (χ4n) is 1.98. The van der Waals surface area contributed by atoms with Gasteiger partial charge in [0, 0.05) is 12.2 Å². The molecule has 0 fully saturated rings. The van der Waals surface area contributed by atoms with Gasteiger partial charge in [-0.15, -0.1) is 0 Å². The van der Waals surface area contributed by atoms with E-state index in [9.17, 15) is 0 Å². The van der Waals surface area contributed by atoms with Crippen LogP contribution >= 0.6 is 0 Å². The molecule has 0 saturated carbocycles. The summed E-state index contributed by atoms with van der Waals surface area (Å²) in [5, 5.41) is 3.47. The number of hydrogen-bond acceptors (Lipinski definition) is 1. The van der Waals surface area contributed by atoms with Gasteiger partial charge >= 0.3 is 0 Å². The van der Waals surface area contributed by atoms with Gasteiger partial charge < -0.3 is 5.32 Å². The van der Waals surface area contributed by atoms with Crippen molar-refractivity contribution in [3.8, 4) is 0 Å². The van der Waals surface area contributed by atoms with Crippen LogP contribution in [0.3, 0.4) is 0 Å². The fraction of sp³-hybridized carbons (Fsp3) is 0.625. The molecular formula is C16H27N. The molecule has 17 heavy (non-hydrogen) atoms. The summed E-state index contributed by atoms with van der Waals surface area (Å²) < 4.78 is 0. The van der Waals surface area contributed by atoms with E-state index in [1.165, 1.54) is 56.2 Å². The van der Waals surface area contributed by atoms with Crippen molar-refractivity contribution in [1.29, 1.82) is 0 Å². The average molecular weight is 233 g/mol. The molecule has 0 radical (unpaired) electrons. The molecule has 1 aromatic carbocycles. The second-order valence-electron chi connectivity index (χ2n) is 4.79. The smallest absolute Gasteiger partial charge is 0.0340 e. The van der Waals surface area contributed by atoms with Crippen molar-refractivity contribution in [2.45, 2.75) is 58.8 Å². The van der Waals surface area contributed by atoms with Crippen LogP contribution in [-0.4, -0.2) is 6.54 Å². The minimum Gasteiger partial charge on any atom is -0.385 e. The number of anilines is 1. The molecule has 0 unspecified atom stereocenters. The van der Waals surface area contributed by atoms with Crippen LogP contribution in [0.5, 0.6) is 0 Å². The first-order chi connectivity index (χ1) is 8.36. The highest BCUT2D eigenvalue weighted by Gasteiger charge is 1.94. The summed E-state index contributed by atoms with van der Waals surface area (Å²) in [5.74, 6) is 0. The van der Waals surface area contributed by atoms with Gasteiger partial charge in [0.05, 0.1) is 0 Å². The Morgan fingerprint density at radius 1 is 0.824 bits per heavy atom. The van der Waals surface area contributed by atoms with E-state index in [2.05, 4.69) is 43.4 Å². The molecule has 0 heterocycles. The summed E-state index contributed by atoms with van der Waals surface area (Å²) in [6, 6.07) is 8.95. The van der Waals surface area contributed by atoms with E-state index in [1.807, 2.05) is 0 Å². The van der Waals surface area contributed by atoms with Gasteiger partial charge in [-0.25, -0.2) is 0 Å². The number of hydrogen-bond donors (Lipinski definition) is 1.